The third-order valence-corrected chi connectivity index (χ3v) is 4.13. The lowest BCUT2D eigenvalue weighted by Crippen LogP contribution is -2.36. The van der Waals surface area contributed by atoms with E-state index in [1.54, 1.807) is 7.11 Å². The number of allylic oxidation sites excluding steroid dienone is 2. The van der Waals surface area contributed by atoms with Gasteiger partial charge in [-0.1, -0.05) is 95.7 Å². The summed E-state index contributed by atoms with van der Waals surface area (Å²) >= 11 is 0. The molecule has 0 bridgehead atoms. The van der Waals surface area contributed by atoms with Gasteiger partial charge in [-0.05, 0) is 36.6 Å². The summed E-state index contributed by atoms with van der Waals surface area (Å²) in [5.41, 5.74) is 2.74. The van der Waals surface area contributed by atoms with Crippen molar-refractivity contribution in [2.75, 3.05) is 20.2 Å². The highest BCUT2D eigenvalue weighted by Crippen LogP contribution is 2.29. The van der Waals surface area contributed by atoms with Gasteiger partial charge in [0.1, 0.15) is 5.75 Å². The van der Waals surface area contributed by atoms with E-state index in [1.165, 1.54) is 0 Å². The summed E-state index contributed by atoms with van der Waals surface area (Å²) < 4.78 is 5.52. The fourth-order valence-corrected chi connectivity index (χ4v) is 3.23. The Kier molecular flexibility index (Phi) is 13.2. The summed E-state index contributed by atoms with van der Waals surface area (Å²) in [5.74, 6) is 0.989. The zero-order valence-corrected chi connectivity index (χ0v) is 20.5. The van der Waals surface area contributed by atoms with E-state index in [0.717, 1.165) is 21.9 Å². The predicted octanol–water partition coefficient (Wildman–Crippen LogP) is 7.52. The standard InChI is InChI=1S/C23H29NO2.2C2H6/c1-16(2)13-18(5)15-24(14-17(3)4)23(25)22-20-10-8-7-9-19(20)11-12-21(22)26-6;2*1-2/h7-13,17H,1,14-15H2,2-6H3;2*1-2H3/b18-13+;;. The Morgan fingerprint density at radius 1 is 1.07 bits per heavy atom. The molecule has 0 heterocycles. The largest absolute Gasteiger partial charge is 0.496 e. The summed E-state index contributed by atoms with van der Waals surface area (Å²) in [5, 5.41) is 1.96. The maximum atomic E-state index is 13.5. The average Bonchev–Trinajstić information content (AvgIpc) is 2.73. The molecular formula is C27H41NO2. The molecule has 0 saturated carbocycles. The van der Waals surface area contributed by atoms with Gasteiger partial charge in [0, 0.05) is 13.1 Å². The number of carbonyl (C=O) groups excluding carboxylic acids is 1. The first-order valence-corrected chi connectivity index (χ1v) is 11.0. The van der Waals surface area contributed by atoms with Crippen molar-refractivity contribution >= 4 is 16.7 Å². The SMILES string of the molecule is C=C(C)/C=C(\C)CN(CC(C)C)C(=O)c1c(OC)ccc2ccccc12.CC.CC. The lowest BCUT2D eigenvalue weighted by molar-refractivity contribution is 0.0750. The molecule has 0 aliphatic heterocycles. The number of methoxy groups -OCH3 is 1. The van der Waals surface area contributed by atoms with E-state index in [2.05, 4.69) is 20.4 Å². The first-order chi connectivity index (χ1) is 14.3. The highest BCUT2D eigenvalue weighted by atomic mass is 16.5. The highest BCUT2D eigenvalue weighted by molar-refractivity contribution is 6.09. The number of amides is 1. The van der Waals surface area contributed by atoms with Crippen LogP contribution >= 0.6 is 0 Å². The van der Waals surface area contributed by atoms with Crippen molar-refractivity contribution in [2.24, 2.45) is 5.92 Å². The topological polar surface area (TPSA) is 29.5 Å². The summed E-state index contributed by atoms with van der Waals surface area (Å²) in [6.45, 7) is 21.4. The fourth-order valence-electron chi connectivity index (χ4n) is 3.23. The Hall–Kier alpha value is -2.55. The number of rotatable bonds is 7. The molecule has 2 rings (SSSR count). The Morgan fingerprint density at radius 2 is 1.67 bits per heavy atom. The van der Waals surface area contributed by atoms with Crippen LogP contribution in [0, 0.1) is 5.92 Å². The molecule has 2 aromatic carbocycles. The minimum absolute atomic E-state index is 0.00168. The third kappa shape index (κ3) is 8.06. The Labute approximate surface area is 184 Å². The number of ether oxygens (including phenoxy) is 1. The number of hydrogen-bond acceptors (Lipinski definition) is 2. The van der Waals surface area contributed by atoms with Crippen LogP contribution in [0.25, 0.3) is 10.8 Å². The van der Waals surface area contributed by atoms with Gasteiger partial charge in [-0.3, -0.25) is 4.79 Å². The van der Waals surface area contributed by atoms with Gasteiger partial charge in [0.15, 0.2) is 0 Å². The molecule has 3 heteroatoms. The van der Waals surface area contributed by atoms with E-state index >= 15 is 0 Å². The van der Waals surface area contributed by atoms with Crippen molar-refractivity contribution in [3.63, 3.8) is 0 Å². The summed E-state index contributed by atoms with van der Waals surface area (Å²) in [7, 11) is 1.61. The molecule has 0 aliphatic carbocycles. The first-order valence-electron chi connectivity index (χ1n) is 11.0. The average molecular weight is 412 g/mol. The van der Waals surface area contributed by atoms with Crippen molar-refractivity contribution in [1.29, 1.82) is 0 Å². The van der Waals surface area contributed by atoms with Crippen LogP contribution < -0.4 is 4.74 Å². The molecule has 1 amide bonds. The predicted molar refractivity (Wildman–Crippen MR) is 133 cm³/mol. The second kappa shape index (κ2) is 14.4. The molecule has 0 atom stereocenters. The van der Waals surface area contributed by atoms with Crippen molar-refractivity contribution in [1.82, 2.24) is 4.90 Å². The smallest absolute Gasteiger partial charge is 0.258 e. The summed E-state index contributed by atoms with van der Waals surface area (Å²) in [4.78, 5) is 15.4. The molecule has 0 aromatic heterocycles. The van der Waals surface area contributed by atoms with Gasteiger partial charge in [-0.2, -0.15) is 0 Å². The summed E-state index contributed by atoms with van der Waals surface area (Å²) in [6.07, 6.45) is 2.03. The van der Waals surface area contributed by atoms with Crippen molar-refractivity contribution in [3.05, 3.63) is 65.8 Å². The van der Waals surface area contributed by atoms with Crippen LogP contribution in [0.3, 0.4) is 0 Å². The van der Waals surface area contributed by atoms with Crippen molar-refractivity contribution in [2.45, 2.75) is 55.4 Å². The van der Waals surface area contributed by atoms with Gasteiger partial charge >= 0.3 is 0 Å². The van der Waals surface area contributed by atoms with Crippen LogP contribution in [0.15, 0.2) is 60.2 Å². The normalized spacial score (nSPS) is 10.5. The molecule has 3 nitrogen and oxygen atoms in total. The Bertz CT molecular complexity index is 834. The quantitative estimate of drug-likeness (QED) is 0.441. The minimum atomic E-state index is 0.00168. The van der Waals surface area contributed by atoms with E-state index in [0.29, 0.717) is 30.3 Å². The van der Waals surface area contributed by atoms with Gasteiger partial charge in [-0.15, -0.1) is 0 Å². The lowest BCUT2D eigenvalue weighted by atomic mass is 10.0. The second-order valence-electron chi connectivity index (χ2n) is 7.28. The fraction of sp³-hybridized carbons (Fsp3) is 0.444. The van der Waals surface area contributed by atoms with Crippen molar-refractivity contribution < 1.29 is 9.53 Å². The molecule has 2 aromatic rings. The zero-order valence-electron chi connectivity index (χ0n) is 20.5. The Morgan fingerprint density at radius 3 is 2.20 bits per heavy atom. The molecule has 0 N–H and O–H groups in total. The van der Waals surface area contributed by atoms with E-state index in [-0.39, 0.29) is 5.91 Å². The molecule has 0 saturated heterocycles. The van der Waals surface area contributed by atoms with Crippen LogP contribution in [0.1, 0.15) is 65.7 Å². The van der Waals surface area contributed by atoms with Gasteiger partial charge in [0.25, 0.3) is 5.91 Å². The van der Waals surface area contributed by atoms with Gasteiger partial charge in [0.05, 0.1) is 12.7 Å². The van der Waals surface area contributed by atoms with Crippen LogP contribution in [0.4, 0.5) is 0 Å². The van der Waals surface area contributed by atoms with Crippen LogP contribution in [0.2, 0.25) is 0 Å². The molecule has 0 fully saturated rings. The molecule has 0 unspecified atom stereocenters. The lowest BCUT2D eigenvalue weighted by Gasteiger charge is -2.26. The summed E-state index contributed by atoms with van der Waals surface area (Å²) in [6, 6.07) is 11.8. The molecule has 0 radical (unpaired) electrons. The monoisotopic (exact) mass is 411 g/mol. The van der Waals surface area contributed by atoms with Crippen LogP contribution in [-0.4, -0.2) is 31.0 Å². The maximum Gasteiger partial charge on any atom is 0.258 e. The molecule has 166 valence electrons. The van der Waals surface area contributed by atoms with E-state index in [9.17, 15) is 4.79 Å². The van der Waals surface area contributed by atoms with E-state index in [1.807, 2.05) is 88.9 Å². The number of benzene rings is 2. The molecule has 0 spiro atoms. The third-order valence-electron chi connectivity index (χ3n) is 4.13. The van der Waals surface area contributed by atoms with Crippen LogP contribution in [0.5, 0.6) is 5.75 Å². The number of carbonyl (C=O) groups is 1. The Balaban J connectivity index is 0.00000198. The van der Waals surface area contributed by atoms with E-state index < -0.39 is 0 Å². The second-order valence-corrected chi connectivity index (χ2v) is 7.28. The minimum Gasteiger partial charge on any atom is -0.496 e. The number of nitrogens with zero attached hydrogens (tertiary/aromatic N) is 1. The first kappa shape index (κ1) is 27.5. The molecule has 0 aliphatic rings. The maximum absolute atomic E-state index is 13.5. The van der Waals surface area contributed by atoms with Crippen molar-refractivity contribution in [3.8, 4) is 5.75 Å². The van der Waals surface area contributed by atoms with Gasteiger partial charge < -0.3 is 9.64 Å². The zero-order chi connectivity index (χ0) is 23.3. The van der Waals surface area contributed by atoms with Crippen LogP contribution in [-0.2, 0) is 0 Å². The molecular weight excluding hydrogens is 370 g/mol. The molecule has 30 heavy (non-hydrogen) atoms. The van der Waals surface area contributed by atoms with E-state index in [4.69, 9.17) is 4.74 Å². The van der Waals surface area contributed by atoms with Gasteiger partial charge in [-0.25, -0.2) is 0 Å². The van der Waals surface area contributed by atoms with Gasteiger partial charge in [0.2, 0.25) is 0 Å². The highest BCUT2D eigenvalue weighted by Gasteiger charge is 2.23. The number of fused-ring (bicyclic) bond motifs is 1. The number of hydrogen-bond donors (Lipinski definition) is 0.